The first-order chi connectivity index (χ1) is 9.58. The minimum Gasteiger partial charge on any atom is -0.493 e. The number of methoxy groups -OCH3 is 3. The number of rotatable bonds is 8. The van der Waals surface area contributed by atoms with Gasteiger partial charge in [0.25, 0.3) is 0 Å². The lowest BCUT2D eigenvalue weighted by molar-refractivity contribution is 0.235. The first-order valence-electron chi connectivity index (χ1n) is 6.72. The van der Waals surface area contributed by atoms with Gasteiger partial charge >= 0.3 is 0 Å². The van der Waals surface area contributed by atoms with Gasteiger partial charge in [0.05, 0.1) is 34.0 Å². The van der Waals surface area contributed by atoms with Gasteiger partial charge in [-0.25, -0.2) is 0 Å². The summed E-state index contributed by atoms with van der Waals surface area (Å²) < 4.78 is 16.1. The third-order valence-electron chi connectivity index (χ3n) is 3.07. The molecule has 0 aliphatic rings. The molecule has 0 spiro atoms. The zero-order valence-electron chi connectivity index (χ0n) is 12.9. The number of hydrogen-bond donors (Lipinski definition) is 2. The second-order valence-corrected chi connectivity index (χ2v) is 4.96. The Balaban J connectivity index is 3.14. The quantitative estimate of drug-likeness (QED) is 0.764. The molecule has 1 aromatic carbocycles. The van der Waals surface area contributed by atoms with Crippen LogP contribution in [-0.2, 0) is 0 Å². The fourth-order valence-corrected chi connectivity index (χ4v) is 2.05. The van der Waals surface area contributed by atoms with E-state index in [0.29, 0.717) is 23.2 Å². The summed E-state index contributed by atoms with van der Waals surface area (Å²) in [5, 5.41) is 12.9. The van der Waals surface area contributed by atoms with E-state index in [2.05, 4.69) is 19.2 Å². The molecule has 0 aliphatic carbocycles. The molecule has 114 valence electrons. The molecule has 0 amide bonds. The van der Waals surface area contributed by atoms with Gasteiger partial charge in [-0.3, -0.25) is 0 Å². The van der Waals surface area contributed by atoms with Crippen LogP contribution < -0.4 is 19.5 Å². The average molecular weight is 283 g/mol. The monoisotopic (exact) mass is 283 g/mol. The molecule has 0 heterocycles. The molecular formula is C15H25NO4. The summed E-state index contributed by atoms with van der Waals surface area (Å²) in [4.78, 5) is 0. The Kier molecular flexibility index (Phi) is 6.61. The van der Waals surface area contributed by atoms with Gasteiger partial charge in [0, 0.05) is 5.56 Å². The molecule has 5 heteroatoms. The third kappa shape index (κ3) is 3.77. The molecule has 0 saturated heterocycles. The zero-order chi connectivity index (χ0) is 15.1. The van der Waals surface area contributed by atoms with Crippen molar-refractivity contribution in [1.82, 2.24) is 5.32 Å². The van der Waals surface area contributed by atoms with Gasteiger partial charge in [0.1, 0.15) is 0 Å². The molecule has 0 aliphatic heterocycles. The van der Waals surface area contributed by atoms with Crippen molar-refractivity contribution in [2.75, 3.05) is 34.5 Å². The van der Waals surface area contributed by atoms with E-state index in [-0.39, 0.29) is 12.6 Å². The van der Waals surface area contributed by atoms with Crippen LogP contribution in [0.15, 0.2) is 12.1 Å². The lowest BCUT2D eigenvalue weighted by Gasteiger charge is -2.22. The summed E-state index contributed by atoms with van der Waals surface area (Å²) in [6.45, 7) is 5.03. The Bertz CT molecular complexity index is 421. The van der Waals surface area contributed by atoms with Crippen LogP contribution >= 0.6 is 0 Å². The number of aliphatic hydroxyl groups is 1. The third-order valence-corrected chi connectivity index (χ3v) is 3.07. The maximum Gasteiger partial charge on any atom is 0.203 e. The maximum atomic E-state index is 9.61. The summed E-state index contributed by atoms with van der Waals surface area (Å²) in [6.07, 6.45) is 0. The minimum atomic E-state index is -0.202. The molecule has 0 aromatic heterocycles. The van der Waals surface area contributed by atoms with Crippen LogP contribution in [0, 0.1) is 5.92 Å². The molecule has 5 nitrogen and oxygen atoms in total. The zero-order valence-corrected chi connectivity index (χ0v) is 12.9. The van der Waals surface area contributed by atoms with Crippen molar-refractivity contribution in [1.29, 1.82) is 0 Å². The van der Waals surface area contributed by atoms with E-state index in [9.17, 15) is 5.11 Å². The number of aliphatic hydroxyl groups excluding tert-OH is 1. The Morgan fingerprint density at radius 2 is 1.70 bits per heavy atom. The van der Waals surface area contributed by atoms with Crippen molar-refractivity contribution in [3.8, 4) is 17.2 Å². The van der Waals surface area contributed by atoms with Crippen LogP contribution in [-0.4, -0.2) is 39.6 Å². The van der Waals surface area contributed by atoms with Crippen LogP contribution in [0.4, 0.5) is 0 Å². The molecule has 2 N–H and O–H groups in total. The van der Waals surface area contributed by atoms with Crippen LogP contribution in [0.1, 0.15) is 25.5 Å². The molecule has 0 fully saturated rings. The predicted molar refractivity (Wildman–Crippen MR) is 78.8 cm³/mol. The first-order valence-corrected chi connectivity index (χ1v) is 6.72. The molecule has 1 aromatic rings. The maximum absolute atomic E-state index is 9.61. The van der Waals surface area contributed by atoms with E-state index < -0.39 is 0 Å². The highest BCUT2D eigenvalue weighted by molar-refractivity contribution is 5.56. The van der Waals surface area contributed by atoms with Crippen molar-refractivity contribution < 1.29 is 19.3 Å². The van der Waals surface area contributed by atoms with Crippen LogP contribution in [0.5, 0.6) is 17.2 Å². The summed E-state index contributed by atoms with van der Waals surface area (Å²) >= 11 is 0. The number of nitrogens with one attached hydrogen (secondary N) is 1. The van der Waals surface area contributed by atoms with E-state index in [1.807, 2.05) is 12.1 Å². The molecule has 0 radical (unpaired) electrons. The predicted octanol–water partition coefficient (Wildman–Crippen LogP) is 1.99. The van der Waals surface area contributed by atoms with Gasteiger partial charge in [-0.15, -0.1) is 0 Å². The molecule has 1 atom stereocenters. The number of hydrogen-bond acceptors (Lipinski definition) is 5. The van der Waals surface area contributed by atoms with Gasteiger partial charge in [-0.05, 0) is 24.6 Å². The second-order valence-electron chi connectivity index (χ2n) is 4.96. The molecule has 1 unspecified atom stereocenters. The van der Waals surface area contributed by atoms with Gasteiger partial charge in [0.2, 0.25) is 5.75 Å². The van der Waals surface area contributed by atoms with Crippen molar-refractivity contribution >= 4 is 0 Å². The fraction of sp³-hybridized carbons (Fsp3) is 0.600. The summed E-state index contributed by atoms with van der Waals surface area (Å²) in [5.41, 5.74) is 0.855. The van der Waals surface area contributed by atoms with E-state index in [4.69, 9.17) is 14.2 Å². The van der Waals surface area contributed by atoms with Gasteiger partial charge < -0.3 is 24.6 Å². The highest BCUT2D eigenvalue weighted by Crippen LogP contribution is 2.41. The smallest absolute Gasteiger partial charge is 0.203 e. The Labute approximate surface area is 120 Å². The van der Waals surface area contributed by atoms with Crippen molar-refractivity contribution in [3.63, 3.8) is 0 Å². The van der Waals surface area contributed by atoms with Crippen molar-refractivity contribution in [2.24, 2.45) is 5.92 Å². The first kappa shape index (κ1) is 16.6. The summed E-state index contributed by atoms with van der Waals surface area (Å²) in [7, 11) is 4.73. The van der Waals surface area contributed by atoms with Crippen LogP contribution in [0.2, 0.25) is 0 Å². The highest BCUT2D eigenvalue weighted by atomic mass is 16.5. The minimum absolute atomic E-state index is 0.0153. The fourth-order valence-electron chi connectivity index (χ4n) is 2.05. The molecule has 0 bridgehead atoms. The molecule has 20 heavy (non-hydrogen) atoms. The largest absolute Gasteiger partial charge is 0.493 e. The second kappa shape index (κ2) is 7.97. The highest BCUT2D eigenvalue weighted by Gasteiger charge is 2.21. The Morgan fingerprint density at radius 1 is 1.05 bits per heavy atom. The number of ether oxygens (including phenoxy) is 3. The lowest BCUT2D eigenvalue weighted by atomic mass is 10.0. The molecule has 0 saturated carbocycles. The van der Waals surface area contributed by atoms with E-state index in [1.54, 1.807) is 21.3 Å². The van der Waals surface area contributed by atoms with E-state index >= 15 is 0 Å². The number of benzene rings is 1. The van der Waals surface area contributed by atoms with Crippen molar-refractivity contribution in [3.05, 3.63) is 17.7 Å². The SMILES string of the molecule is COc1ccc(C(CO)NCC(C)C)c(OC)c1OC. The molecular weight excluding hydrogens is 258 g/mol. The van der Waals surface area contributed by atoms with Gasteiger partial charge in [-0.2, -0.15) is 0 Å². The average Bonchev–Trinajstić information content (AvgIpc) is 2.46. The van der Waals surface area contributed by atoms with Crippen LogP contribution in [0.25, 0.3) is 0 Å². The van der Waals surface area contributed by atoms with E-state index in [0.717, 1.165) is 12.1 Å². The Morgan fingerprint density at radius 3 is 2.15 bits per heavy atom. The standard InChI is InChI=1S/C15H25NO4/c1-10(2)8-16-12(9-17)11-6-7-13(18-3)15(20-5)14(11)19-4/h6-7,10,12,16-17H,8-9H2,1-5H3. The Hall–Kier alpha value is -1.46. The summed E-state index contributed by atoms with van der Waals surface area (Å²) in [5.74, 6) is 2.23. The van der Waals surface area contributed by atoms with Crippen molar-refractivity contribution in [2.45, 2.75) is 19.9 Å². The topological polar surface area (TPSA) is 60.0 Å². The van der Waals surface area contributed by atoms with Crippen LogP contribution in [0.3, 0.4) is 0 Å². The van der Waals surface area contributed by atoms with E-state index in [1.165, 1.54) is 0 Å². The van der Waals surface area contributed by atoms with Gasteiger partial charge in [0.15, 0.2) is 11.5 Å². The normalized spacial score (nSPS) is 12.3. The van der Waals surface area contributed by atoms with Gasteiger partial charge in [-0.1, -0.05) is 13.8 Å². The summed E-state index contributed by atoms with van der Waals surface area (Å²) in [6, 6.07) is 3.50. The molecule has 1 rings (SSSR count). The lowest BCUT2D eigenvalue weighted by Crippen LogP contribution is -2.28.